The molecule has 0 fully saturated rings. The average molecular weight is 318 g/mol. The first-order valence-electron chi connectivity index (χ1n) is 2.16. The molecular weight excluding hydrogens is 316 g/mol. The molecule has 1 aromatic rings. The lowest BCUT2D eigenvalue weighted by Crippen LogP contribution is -1.78. The standard InChI is InChI=1S/C5H2BrClIN/c6-3-1-5(8)9-2-4(3)7/h1-2H. The SMILES string of the molecule is Clc1cnc(I)cc1Br. The van der Waals surface area contributed by atoms with E-state index in [2.05, 4.69) is 43.5 Å². The van der Waals surface area contributed by atoms with Gasteiger partial charge in [-0.05, 0) is 44.6 Å². The van der Waals surface area contributed by atoms with E-state index in [4.69, 9.17) is 11.6 Å². The van der Waals surface area contributed by atoms with Gasteiger partial charge < -0.3 is 0 Å². The zero-order chi connectivity index (χ0) is 6.85. The van der Waals surface area contributed by atoms with Crippen molar-refractivity contribution in [2.45, 2.75) is 0 Å². The number of rotatable bonds is 0. The summed E-state index contributed by atoms with van der Waals surface area (Å²) >= 11 is 11.1. The average Bonchev–Trinajstić information content (AvgIpc) is 1.80. The van der Waals surface area contributed by atoms with Gasteiger partial charge in [0, 0.05) is 10.7 Å². The van der Waals surface area contributed by atoms with Gasteiger partial charge in [-0.2, -0.15) is 0 Å². The molecule has 0 saturated carbocycles. The van der Waals surface area contributed by atoms with Crippen LogP contribution in [-0.2, 0) is 0 Å². The fourth-order valence-corrected chi connectivity index (χ4v) is 1.69. The Bertz CT molecular complexity index is 228. The lowest BCUT2D eigenvalue weighted by molar-refractivity contribution is 1.26. The molecule has 0 spiro atoms. The van der Waals surface area contributed by atoms with Crippen molar-refractivity contribution in [3.8, 4) is 0 Å². The van der Waals surface area contributed by atoms with E-state index in [1.165, 1.54) is 0 Å². The van der Waals surface area contributed by atoms with E-state index in [1.54, 1.807) is 6.20 Å². The highest BCUT2D eigenvalue weighted by molar-refractivity contribution is 14.1. The van der Waals surface area contributed by atoms with Crippen LogP contribution in [0.3, 0.4) is 0 Å². The summed E-state index contributed by atoms with van der Waals surface area (Å²) in [5.74, 6) is 0. The number of aromatic nitrogens is 1. The molecule has 1 rings (SSSR count). The Balaban J connectivity index is 3.17. The summed E-state index contributed by atoms with van der Waals surface area (Å²) in [6.07, 6.45) is 1.62. The van der Waals surface area contributed by atoms with Gasteiger partial charge in [0.1, 0.15) is 3.70 Å². The van der Waals surface area contributed by atoms with Gasteiger partial charge in [0.05, 0.1) is 5.02 Å². The third kappa shape index (κ3) is 2.05. The lowest BCUT2D eigenvalue weighted by Gasteiger charge is -1.92. The first-order valence-corrected chi connectivity index (χ1v) is 4.41. The maximum atomic E-state index is 5.67. The van der Waals surface area contributed by atoms with Crippen molar-refractivity contribution in [2.24, 2.45) is 0 Å². The quantitative estimate of drug-likeness (QED) is 0.529. The second-order valence-corrected chi connectivity index (χ2v) is 3.79. The van der Waals surface area contributed by atoms with Crippen molar-refractivity contribution >= 4 is 50.1 Å². The highest BCUT2D eigenvalue weighted by Crippen LogP contribution is 2.21. The summed E-state index contributed by atoms with van der Waals surface area (Å²) < 4.78 is 1.83. The molecule has 4 heteroatoms. The molecular formula is C5H2BrClIN. The highest BCUT2D eigenvalue weighted by Gasteiger charge is 1.95. The summed E-state index contributed by atoms with van der Waals surface area (Å²) in [5, 5.41) is 0.649. The molecule has 0 N–H and O–H groups in total. The molecule has 0 bridgehead atoms. The minimum Gasteiger partial charge on any atom is -0.249 e. The number of halogens is 3. The van der Waals surface area contributed by atoms with Crippen molar-refractivity contribution < 1.29 is 0 Å². The molecule has 1 heterocycles. The second kappa shape index (κ2) is 3.16. The zero-order valence-corrected chi connectivity index (χ0v) is 8.74. The maximum absolute atomic E-state index is 5.67. The van der Waals surface area contributed by atoms with Crippen LogP contribution in [0.2, 0.25) is 5.02 Å². The number of hydrogen-bond donors (Lipinski definition) is 0. The fourth-order valence-electron chi connectivity index (χ4n) is 0.391. The largest absolute Gasteiger partial charge is 0.249 e. The number of nitrogens with zero attached hydrogens (tertiary/aromatic N) is 1. The molecule has 0 saturated heterocycles. The molecule has 9 heavy (non-hydrogen) atoms. The van der Waals surface area contributed by atoms with Gasteiger partial charge in [0.15, 0.2) is 0 Å². The zero-order valence-electron chi connectivity index (χ0n) is 4.24. The Hall–Kier alpha value is 0.650. The van der Waals surface area contributed by atoms with E-state index in [9.17, 15) is 0 Å². The van der Waals surface area contributed by atoms with Crippen LogP contribution in [0, 0.1) is 3.70 Å². The van der Waals surface area contributed by atoms with Crippen LogP contribution in [0.25, 0.3) is 0 Å². The monoisotopic (exact) mass is 317 g/mol. The Kier molecular flexibility index (Phi) is 2.73. The van der Waals surface area contributed by atoms with Crippen LogP contribution in [0.4, 0.5) is 0 Å². The lowest BCUT2D eigenvalue weighted by atomic mass is 10.5. The molecule has 0 unspecified atom stereocenters. The summed E-state index contributed by atoms with van der Waals surface area (Å²) in [6.45, 7) is 0. The van der Waals surface area contributed by atoms with E-state index in [0.29, 0.717) is 5.02 Å². The van der Waals surface area contributed by atoms with Crippen molar-refractivity contribution in [3.63, 3.8) is 0 Å². The minimum atomic E-state index is 0.649. The molecule has 0 radical (unpaired) electrons. The van der Waals surface area contributed by atoms with E-state index in [1.807, 2.05) is 6.07 Å². The van der Waals surface area contributed by atoms with Crippen LogP contribution in [-0.4, -0.2) is 4.98 Å². The molecule has 0 amide bonds. The van der Waals surface area contributed by atoms with Crippen LogP contribution in [0.5, 0.6) is 0 Å². The van der Waals surface area contributed by atoms with Gasteiger partial charge in [-0.25, -0.2) is 4.98 Å². The molecule has 0 atom stereocenters. The summed E-state index contributed by atoms with van der Waals surface area (Å²) in [4.78, 5) is 3.96. The smallest absolute Gasteiger partial charge is 0.102 e. The maximum Gasteiger partial charge on any atom is 0.102 e. The molecule has 0 aliphatic rings. The van der Waals surface area contributed by atoms with Gasteiger partial charge in [-0.1, -0.05) is 11.6 Å². The predicted octanol–water partition coefficient (Wildman–Crippen LogP) is 3.10. The van der Waals surface area contributed by atoms with E-state index >= 15 is 0 Å². The number of pyridine rings is 1. The predicted molar refractivity (Wildman–Crippen MR) is 49.7 cm³/mol. The third-order valence-corrected chi connectivity index (χ3v) is 2.55. The Morgan fingerprint density at radius 3 is 2.78 bits per heavy atom. The topological polar surface area (TPSA) is 12.9 Å². The van der Waals surface area contributed by atoms with Crippen molar-refractivity contribution in [2.75, 3.05) is 0 Å². The van der Waals surface area contributed by atoms with E-state index in [-0.39, 0.29) is 0 Å². The molecule has 0 aliphatic heterocycles. The van der Waals surface area contributed by atoms with Crippen molar-refractivity contribution in [1.29, 1.82) is 0 Å². The summed E-state index contributed by atoms with van der Waals surface area (Å²) in [6, 6.07) is 1.86. The third-order valence-electron chi connectivity index (χ3n) is 0.775. The van der Waals surface area contributed by atoms with Gasteiger partial charge in [-0.3, -0.25) is 0 Å². The summed E-state index contributed by atoms with van der Waals surface area (Å²) in [7, 11) is 0. The van der Waals surface area contributed by atoms with Gasteiger partial charge in [0.2, 0.25) is 0 Å². The molecule has 48 valence electrons. The van der Waals surface area contributed by atoms with E-state index < -0.39 is 0 Å². The Morgan fingerprint density at radius 1 is 1.67 bits per heavy atom. The van der Waals surface area contributed by atoms with Crippen LogP contribution in [0.15, 0.2) is 16.7 Å². The molecule has 0 aromatic carbocycles. The van der Waals surface area contributed by atoms with E-state index in [0.717, 1.165) is 8.17 Å². The second-order valence-electron chi connectivity index (χ2n) is 1.42. The van der Waals surface area contributed by atoms with Crippen LogP contribution < -0.4 is 0 Å². The number of hydrogen-bond acceptors (Lipinski definition) is 1. The highest BCUT2D eigenvalue weighted by atomic mass is 127. The van der Waals surface area contributed by atoms with Crippen LogP contribution in [0.1, 0.15) is 0 Å². The molecule has 1 aromatic heterocycles. The minimum absolute atomic E-state index is 0.649. The fraction of sp³-hybridized carbons (Fsp3) is 0. The molecule has 1 nitrogen and oxygen atoms in total. The Morgan fingerprint density at radius 2 is 2.33 bits per heavy atom. The van der Waals surface area contributed by atoms with Crippen molar-refractivity contribution in [3.05, 3.63) is 25.5 Å². The van der Waals surface area contributed by atoms with Crippen molar-refractivity contribution in [1.82, 2.24) is 4.98 Å². The van der Waals surface area contributed by atoms with Crippen LogP contribution >= 0.6 is 50.1 Å². The first-order chi connectivity index (χ1) is 4.20. The van der Waals surface area contributed by atoms with Gasteiger partial charge >= 0.3 is 0 Å². The molecule has 0 aliphatic carbocycles. The first kappa shape index (κ1) is 7.75. The van der Waals surface area contributed by atoms with Gasteiger partial charge in [-0.15, -0.1) is 0 Å². The van der Waals surface area contributed by atoms with Gasteiger partial charge in [0.25, 0.3) is 0 Å². The Labute approximate surface area is 80.1 Å². The summed E-state index contributed by atoms with van der Waals surface area (Å²) in [5.41, 5.74) is 0. The normalized spacial score (nSPS) is 9.67.